The van der Waals surface area contributed by atoms with Crippen molar-refractivity contribution in [2.45, 2.75) is 12.5 Å². The van der Waals surface area contributed by atoms with Crippen LogP contribution in [0.15, 0.2) is 30.6 Å². The van der Waals surface area contributed by atoms with Gasteiger partial charge in [0.2, 0.25) is 5.95 Å². The summed E-state index contributed by atoms with van der Waals surface area (Å²) in [4.78, 5) is 28.8. The van der Waals surface area contributed by atoms with Gasteiger partial charge in [-0.15, -0.1) is 0 Å². The number of methoxy groups -OCH3 is 1. The predicted molar refractivity (Wildman–Crippen MR) is 98.7 cm³/mol. The van der Waals surface area contributed by atoms with Crippen molar-refractivity contribution in [2.75, 3.05) is 18.6 Å². The maximum atomic E-state index is 14.0. The molecule has 0 saturated heterocycles. The highest BCUT2D eigenvalue weighted by Crippen LogP contribution is 2.33. The monoisotopic (exact) mass is 381 g/mol. The van der Waals surface area contributed by atoms with E-state index in [9.17, 15) is 9.18 Å². The van der Waals surface area contributed by atoms with E-state index >= 15 is 0 Å². The van der Waals surface area contributed by atoms with Crippen LogP contribution in [0.1, 0.15) is 27.7 Å². The Balaban J connectivity index is 1.80. The highest BCUT2D eigenvalue weighted by Gasteiger charge is 2.29. The van der Waals surface area contributed by atoms with Crippen LogP contribution in [0.25, 0.3) is 11.3 Å². The fourth-order valence-electron chi connectivity index (χ4n) is 3.16. The van der Waals surface area contributed by atoms with Crippen LogP contribution in [0.2, 0.25) is 0 Å². The number of ether oxygens (including phenoxy) is 1. The van der Waals surface area contributed by atoms with E-state index in [-0.39, 0.29) is 23.6 Å². The molecule has 5 N–H and O–H groups in total. The first-order chi connectivity index (χ1) is 13.5. The van der Waals surface area contributed by atoms with Crippen LogP contribution < -0.4 is 21.5 Å². The minimum Gasteiger partial charge on any atom is -0.478 e. The number of fused-ring (bicyclic) bond motifs is 1. The van der Waals surface area contributed by atoms with Gasteiger partial charge in [0.05, 0.1) is 36.3 Å². The summed E-state index contributed by atoms with van der Waals surface area (Å²) >= 11 is 0. The van der Waals surface area contributed by atoms with Crippen molar-refractivity contribution < 1.29 is 13.9 Å². The zero-order valence-electron chi connectivity index (χ0n) is 14.8. The van der Waals surface area contributed by atoms with Gasteiger partial charge in [0, 0.05) is 18.2 Å². The Labute approximate surface area is 159 Å². The Morgan fingerprint density at radius 3 is 2.79 bits per heavy atom. The third-order valence-electron chi connectivity index (χ3n) is 4.46. The van der Waals surface area contributed by atoms with Gasteiger partial charge in [-0.25, -0.2) is 24.3 Å². The molecular weight excluding hydrogens is 365 g/mol. The number of aromatic nitrogens is 4. The largest absolute Gasteiger partial charge is 0.478 e. The number of halogens is 1. The number of nitrogens with two attached hydrogens (primary N) is 2. The van der Waals surface area contributed by atoms with Crippen molar-refractivity contribution in [3.05, 3.63) is 53.2 Å². The van der Waals surface area contributed by atoms with E-state index in [0.717, 1.165) is 0 Å². The van der Waals surface area contributed by atoms with E-state index in [4.69, 9.17) is 16.2 Å². The van der Waals surface area contributed by atoms with Crippen molar-refractivity contribution in [3.63, 3.8) is 0 Å². The maximum absolute atomic E-state index is 14.0. The number of rotatable bonds is 3. The summed E-state index contributed by atoms with van der Waals surface area (Å²) in [5.41, 5.74) is 13.7. The zero-order chi connectivity index (χ0) is 19.8. The topological polar surface area (TPSA) is 142 Å². The first-order valence-electron chi connectivity index (χ1n) is 8.35. The Bertz CT molecular complexity index is 1090. The van der Waals surface area contributed by atoms with Crippen LogP contribution in [0, 0.1) is 5.82 Å². The van der Waals surface area contributed by atoms with Gasteiger partial charge < -0.3 is 21.5 Å². The molecule has 0 radical (unpaired) electrons. The van der Waals surface area contributed by atoms with Gasteiger partial charge in [0.15, 0.2) is 5.82 Å². The van der Waals surface area contributed by atoms with Gasteiger partial charge in [-0.3, -0.25) is 4.79 Å². The summed E-state index contributed by atoms with van der Waals surface area (Å²) in [6.45, 7) is 0. The van der Waals surface area contributed by atoms with Crippen LogP contribution in [0.3, 0.4) is 0 Å². The molecule has 3 heterocycles. The molecule has 0 fully saturated rings. The van der Waals surface area contributed by atoms with Gasteiger partial charge in [-0.05, 0) is 17.7 Å². The number of nitrogen functional groups attached to an aromatic ring is 2. The molecule has 28 heavy (non-hydrogen) atoms. The molecule has 9 nitrogen and oxygen atoms in total. The van der Waals surface area contributed by atoms with Crippen molar-refractivity contribution >= 4 is 17.7 Å². The van der Waals surface area contributed by atoms with Crippen LogP contribution in [0.5, 0.6) is 5.88 Å². The van der Waals surface area contributed by atoms with E-state index in [1.54, 1.807) is 6.07 Å². The van der Waals surface area contributed by atoms with Gasteiger partial charge in [-0.1, -0.05) is 6.07 Å². The number of hydrogen-bond donors (Lipinski definition) is 3. The highest BCUT2D eigenvalue weighted by molar-refractivity contribution is 5.96. The van der Waals surface area contributed by atoms with E-state index in [1.807, 2.05) is 0 Å². The van der Waals surface area contributed by atoms with E-state index in [1.165, 1.54) is 31.6 Å². The number of carbonyl (C=O) groups excluding carboxylic acids is 1. The molecule has 1 atom stereocenters. The zero-order valence-corrected chi connectivity index (χ0v) is 14.8. The molecule has 0 bridgehead atoms. The van der Waals surface area contributed by atoms with Crippen LogP contribution in [-0.2, 0) is 6.42 Å². The highest BCUT2D eigenvalue weighted by atomic mass is 19.1. The summed E-state index contributed by atoms with van der Waals surface area (Å²) in [5.74, 6) is -0.448. The SMILES string of the molecule is COc1nc(-c2cc(F)ccc2C2Cc3nc(N)ncc3C(=O)N2)cnc1N. The Hall–Kier alpha value is -3.82. The molecule has 0 spiro atoms. The minimum atomic E-state index is -0.463. The smallest absolute Gasteiger partial charge is 0.257 e. The van der Waals surface area contributed by atoms with E-state index < -0.39 is 11.9 Å². The molecule has 1 aromatic carbocycles. The molecule has 0 saturated carbocycles. The number of hydrogen-bond acceptors (Lipinski definition) is 8. The van der Waals surface area contributed by atoms with Gasteiger partial charge in [0.25, 0.3) is 11.8 Å². The average Bonchev–Trinajstić information content (AvgIpc) is 2.68. The van der Waals surface area contributed by atoms with Crippen LogP contribution in [0.4, 0.5) is 16.2 Å². The summed E-state index contributed by atoms with van der Waals surface area (Å²) in [7, 11) is 1.42. The molecule has 1 amide bonds. The second-order valence-electron chi connectivity index (χ2n) is 6.20. The van der Waals surface area contributed by atoms with Crippen LogP contribution in [-0.4, -0.2) is 33.0 Å². The fourth-order valence-corrected chi connectivity index (χ4v) is 3.16. The standard InChI is InChI=1S/C18H16FN7O2/c1-28-17-15(20)22-7-14(25-17)10-4-8(19)2-3-9(10)12-5-13-11(16(27)24-12)6-23-18(21)26-13/h2-4,6-7,12H,5H2,1H3,(H2,20,22)(H,24,27)(H2,21,23,26). The van der Waals surface area contributed by atoms with Crippen molar-refractivity contribution in [1.29, 1.82) is 0 Å². The van der Waals surface area contributed by atoms with E-state index in [2.05, 4.69) is 25.3 Å². The Morgan fingerprint density at radius 1 is 1.18 bits per heavy atom. The minimum absolute atomic E-state index is 0.0840. The maximum Gasteiger partial charge on any atom is 0.257 e. The predicted octanol–water partition coefficient (Wildman–Crippen LogP) is 1.27. The molecule has 1 aliphatic rings. The lowest BCUT2D eigenvalue weighted by Gasteiger charge is -2.26. The molecule has 3 aromatic rings. The second kappa shape index (κ2) is 6.72. The number of anilines is 2. The second-order valence-corrected chi connectivity index (χ2v) is 6.20. The Kier molecular flexibility index (Phi) is 4.22. The lowest BCUT2D eigenvalue weighted by molar-refractivity contribution is 0.0923. The molecule has 0 aliphatic carbocycles. The lowest BCUT2D eigenvalue weighted by atomic mass is 9.91. The van der Waals surface area contributed by atoms with Gasteiger partial charge in [0.1, 0.15) is 5.82 Å². The lowest BCUT2D eigenvalue weighted by Crippen LogP contribution is -2.36. The summed E-state index contributed by atoms with van der Waals surface area (Å²) < 4.78 is 19.1. The van der Waals surface area contributed by atoms with Gasteiger partial charge in [-0.2, -0.15) is 0 Å². The number of carbonyl (C=O) groups is 1. The number of amides is 1. The summed E-state index contributed by atoms with van der Waals surface area (Å²) in [6, 6.07) is 3.77. The van der Waals surface area contributed by atoms with Gasteiger partial charge >= 0.3 is 0 Å². The fraction of sp³-hybridized carbons (Fsp3) is 0.167. The normalized spacial score (nSPS) is 15.6. The number of benzene rings is 1. The van der Waals surface area contributed by atoms with Crippen molar-refractivity contribution in [1.82, 2.24) is 25.3 Å². The molecule has 2 aromatic heterocycles. The van der Waals surface area contributed by atoms with E-state index in [0.29, 0.717) is 34.5 Å². The first-order valence-corrected chi connectivity index (χ1v) is 8.35. The Morgan fingerprint density at radius 2 is 2.00 bits per heavy atom. The first kappa shape index (κ1) is 17.6. The molecule has 142 valence electrons. The van der Waals surface area contributed by atoms with Crippen LogP contribution >= 0.6 is 0 Å². The summed E-state index contributed by atoms with van der Waals surface area (Å²) in [5, 5.41) is 2.89. The third kappa shape index (κ3) is 3.04. The molecule has 10 heteroatoms. The van der Waals surface area contributed by atoms with Crippen molar-refractivity contribution in [2.24, 2.45) is 0 Å². The average molecular weight is 381 g/mol. The quantitative estimate of drug-likeness (QED) is 0.616. The number of nitrogens with zero attached hydrogens (tertiary/aromatic N) is 4. The third-order valence-corrected chi connectivity index (χ3v) is 4.46. The van der Waals surface area contributed by atoms with Crippen molar-refractivity contribution in [3.8, 4) is 17.1 Å². The molecule has 1 unspecified atom stereocenters. The molecule has 4 rings (SSSR count). The molecule has 1 aliphatic heterocycles. The number of nitrogens with one attached hydrogen (secondary N) is 1. The summed E-state index contributed by atoms with van der Waals surface area (Å²) in [6.07, 6.45) is 3.19. The molecular formula is C18H16FN7O2.